The van der Waals surface area contributed by atoms with Gasteiger partial charge in [-0.05, 0) is 40.8 Å². The summed E-state index contributed by atoms with van der Waals surface area (Å²) in [6, 6.07) is 11.8. The summed E-state index contributed by atoms with van der Waals surface area (Å²) in [6.07, 6.45) is 1.47. The van der Waals surface area contributed by atoms with E-state index >= 15 is 0 Å². The number of nitrogens with zero attached hydrogens (tertiary/aromatic N) is 4. The number of tetrazole rings is 1. The van der Waals surface area contributed by atoms with Gasteiger partial charge in [0.15, 0.2) is 6.61 Å². The molecule has 0 saturated carbocycles. The quantitative estimate of drug-likeness (QED) is 0.753. The lowest BCUT2D eigenvalue weighted by Gasteiger charge is -2.09. The normalized spacial score (nSPS) is 10.4. The van der Waals surface area contributed by atoms with E-state index in [0.717, 1.165) is 5.69 Å². The number of carbonyl (C=O) groups excluding carboxylic acids is 1. The van der Waals surface area contributed by atoms with Crippen LogP contribution in [0.25, 0.3) is 5.69 Å². The molecule has 0 fully saturated rings. The van der Waals surface area contributed by atoms with E-state index in [9.17, 15) is 4.79 Å². The molecule has 0 radical (unpaired) electrons. The molecule has 1 N–H and O–H groups in total. The number of amides is 1. The van der Waals surface area contributed by atoms with Crippen molar-refractivity contribution in [2.45, 2.75) is 0 Å². The van der Waals surface area contributed by atoms with Gasteiger partial charge in [-0.25, -0.2) is 4.68 Å². The summed E-state index contributed by atoms with van der Waals surface area (Å²) in [7, 11) is 0. The number of carbonyl (C=O) groups is 1. The second kappa shape index (κ2) is 7.29. The van der Waals surface area contributed by atoms with Gasteiger partial charge < -0.3 is 10.1 Å². The number of hydrogen-bond acceptors (Lipinski definition) is 5. The van der Waals surface area contributed by atoms with Crippen LogP contribution >= 0.6 is 23.2 Å². The first kappa shape index (κ1) is 16.2. The molecule has 0 saturated heterocycles. The molecular formula is C15H11Cl2N5O2. The largest absolute Gasteiger partial charge is 0.484 e. The SMILES string of the molecule is O=C(COc1cccc(-n2cnnn2)c1)Nc1cc(Cl)cc(Cl)c1. The Hall–Kier alpha value is -2.64. The van der Waals surface area contributed by atoms with Gasteiger partial charge in [-0.15, -0.1) is 5.10 Å². The maximum atomic E-state index is 12.0. The Balaban J connectivity index is 1.61. The van der Waals surface area contributed by atoms with Crippen molar-refractivity contribution in [1.29, 1.82) is 0 Å². The highest BCUT2D eigenvalue weighted by Crippen LogP contribution is 2.22. The zero-order valence-electron chi connectivity index (χ0n) is 12.2. The molecule has 7 nitrogen and oxygen atoms in total. The highest BCUT2D eigenvalue weighted by atomic mass is 35.5. The van der Waals surface area contributed by atoms with Gasteiger partial charge in [0, 0.05) is 21.8 Å². The standard InChI is InChI=1S/C15H11Cl2N5O2/c16-10-4-11(17)6-12(5-10)19-15(23)8-24-14-3-1-2-13(7-14)22-9-18-20-21-22/h1-7,9H,8H2,(H,19,23). The van der Waals surface area contributed by atoms with Gasteiger partial charge in [-0.2, -0.15) is 0 Å². The molecule has 1 amide bonds. The molecule has 0 bridgehead atoms. The molecule has 3 rings (SSSR count). The highest BCUT2D eigenvalue weighted by molar-refractivity contribution is 6.35. The summed E-state index contributed by atoms with van der Waals surface area (Å²) in [5.74, 6) is 0.184. The lowest BCUT2D eigenvalue weighted by Crippen LogP contribution is -2.20. The molecular weight excluding hydrogens is 353 g/mol. The second-order valence-corrected chi connectivity index (χ2v) is 5.62. The Morgan fingerprint density at radius 2 is 1.96 bits per heavy atom. The van der Waals surface area contributed by atoms with Crippen molar-refractivity contribution >= 4 is 34.8 Å². The van der Waals surface area contributed by atoms with Gasteiger partial charge in [0.1, 0.15) is 12.1 Å². The van der Waals surface area contributed by atoms with Crippen molar-refractivity contribution in [3.05, 3.63) is 58.8 Å². The average molecular weight is 364 g/mol. The van der Waals surface area contributed by atoms with E-state index in [4.69, 9.17) is 27.9 Å². The van der Waals surface area contributed by atoms with Crippen LogP contribution in [0.4, 0.5) is 5.69 Å². The summed E-state index contributed by atoms with van der Waals surface area (Å²) < 4.78 is 6.97. The Bertz CT molecular complexity index is 835. The van der Waals surface area contributed by atoms with Gasteiger partial charge in [0.05, 0.1) is 5.69 Å². The summed E-state index contributed by atoms with van der Waals surface area (Å²) in [5.41, 5.74) is 1.23. The van der Waals surface area contributed by atoms with Crippen molar-refractivity contribution in [3.8, 4) is 11.4 Å². The predicted molar refractivity (Wildman–Crippen MR) is 89.7 cm³/mol. The number of aromatic nitrogens is 4. The number of ether oxygens (including phenoxy) is 1. The van der Waals surface area contributed by atoms with Gasteiger partial charge in [0.25, 0.3) is 5.91 Å². The number of anilines is 1. The monoisotopic (exact) mass is 363 g/mol. The van der Waals surface area contributed by atoms with Crippen LogP contribution in [0.1, 0.15) is 0 Å². The first-order chi connectivity index (χ1) is 11.6. The molecule has 2 aromatic carbocycles. The van der Waals surface area contributed by atoms with Gasteiger partial charge in [-0.1, -0.05) is 29.3 Å². The zero-order valence-corrected chi connectivity index (χ0v) is 13.7. The number of hydrogen-bond donors (Lipinski definition) is 1. The molecule has 122 valence electrons. The predicted octanol–water partition coefficient (Wildman–Crippen LogP) is 2.99. The van der Waals surface area contributed by atoms with Gasteiger partial charge >= 0.3 is 0 Å². The van der Waals surface area contributed by atoms with E-state index in [1.165, 1.54) is 11.0 Å². The summed E-state index contributed by atoms with van der Waals surface area (Å²) >= 11 is 11.8. The second-order valence-electron chi connectivity index (χ2n) is 4.75. The molecule has 0 aliphatic heterocycles. The third-order valence-electron chi connectivity index (χ3n) is 2.95. The molecule has 0 unspecified atom stereocenters. The maximum Gasteiger partial charge on any atom is 0.262 e. The first-order valence-corrected chi connectivity index (χ1v) is 7.58. The number of rotatable bonds is 5. The minimum absolute atomic E-state index is 0.163. The minimum atomic E-state index is -0.332. The van der Waals surface area contributed by atoms with Crippen LogP contribution in [-0.2, 0) is 4.79 Å². The lowest BCUT2D eigenvalue weighted by atomic mass is 10.3. The van der Waals surface area contributed by atoms with E-state index in [1.807, 2.05) is 6.07 Å². The van der Waals surface area contributed by atoms with Gasteiger partial charge in [-0.3, -0.25) is 4.79 Å². The van der Waals surface area contributed by atoms with Crippen LogP contribution in [-0.4, -0.2) is 32.7 Å². The fourth-order valence-corrected chi connectivity index (χ4v) is 2.49. The number of nitrogens with one attached hydrogen (secondary N) is 1. The van der Waals surface area contributed by atoms with Crippen LogP contribution in [0.2, 0.25) is 10.0 Å². The fourth-order valence-electron chi connectivity index (χ4n) is 1.97. The van der Waals surface area contributed by atoms with E-state index in [1.54, 1.807) is 36.4 Å². The molecule has 0 spiro atoms. The van der Waals surface area contributed by atoms with Crippen molar-refractivity contribution < 1.29 is 9.53 Å². The third kappa shape index (κ3) is 4.21. The minimum Gasteiger partial charge on any atom is -0.484 e. The van der Waals surface area contributed by atoms with Crippen molar-refractivity contribution in [2.24, 2.45) is 0 Å². The number of halogens is 2. The van der Waals surface area contributed by atoms with E-state index in [2.05, 4.69) is 20.8 Å². The van der Waals surface area contributed by atoms with Crippen molar-refractivity contribution in [1.82, 2.24) is 20.2 Å². The fraction of sp³-hybridized carbons (Fsp3) is 0.0667. The molecule has 0 aliphatic rings. The highest BCUT2D eigenvalue weighted by Gasteiger charge is 2.07. The smallest absolute Gasteiger partial charge is 0.262 e. The van der Waals surface area contributed by atoms with E-state index in [-0.39, 0.29) is 12.5 Å². The Morgan fingerprint density at radius 3 is 2.67 bits per heavy atom. The van der Waals surface area contributed by atoms with Crippen LogP contribution in [0.15, 0.2) is 48.8 Å². The van der Waals surface area contributed by atoms with Gasteiger partial charge in [0.2, 0.25) is 0 Å². The van der Waals surface area contributed by atoms with E-state index < -0.39 is 0 Å². The molecule has 24 heavy (non-hydrogen) atoms. The first-order valence-electron chi connectivity index (χ1n) is 6.82. The molecule has 1 aromatic heterocycles. The third-order valence-corrected chi connectivity index (χ3v) is 3.38. The van der Waals surface area contributed by atoms with Crippen LogP contribution in [0.3, 0.4) is 0 Å². The van der Waals surface area contributed by atoms with Crippen LogP contribution < -0.4 is 10.1 Å². The molecule has 1 heterocycles. The Kier molecular flexibility index (Phi) is 4.93. The topological polar surface area (TPSA) is 81.9 Å². The van der Waals surface area contributed by atoms with Crippen molar-refractivity contribution in [2.75, 3.05) is 11.9 Å². The zero-order chi connectivity index (χ0) is 16.9. The summed E-state index contributed by atoms with van der Waals surface area (Å²) in [6.45, 7) is -0.163. The Morgan fingerprint density at radius 1 is 1.17 bits per heavy atom. The van der Waals surface area contributed by atoms with Crippen LogP contribution in [0.5, 0.6) is 5.75 Å². The summed E-state index contributed by atoms with van der Waals surface area (Å²) in [4.78, 5) is 12.0. The average Bonchev–Trinajstić information content (AvgIpc) is 3.07. The van der Waals surface area contributed by atoms with Crippen LogP contribution in [0, 0.1) is 0 Å². The molecule has 9 heteroatoms. The summed E-state index contributed by atoms with van der Waals surface area (Å²) in [5, 5.41) is 14.5. The number of benzene rings is 2. The molecule has 0 atom stereocenters. The van der Waals surface area contributed by atoms with E-state index in [0.29, 0.717) is 21.5 Å². The molecule has 0 aliphatic carbocycles. The molecule has 3 aromatic rings. The lowest BCUT2D eigenvalue weighted by molar-refractivity contribution is -0.118. The van der Waals surface area contributed by atoms with Crippen molar-refractivity contribution in [3.63, 3.8) is 0 Å². The Labute approximate surface area is 147 Å². The maximum absolute atomic E-state index is 12.0.